The second-order valence-electron chi connectivity index (χ2n) is 5.12. The number of rotatable bonds is 5. The number of likely N-dealkylation sites (N-methyl/N-ethyl adjacent to an activating group) is 1. The Balaban J connectivity index is 2.22. The number of aryl methyl sites for hydroxylation is 1. The first-order valence-electron chi connectivity index (χ1n) is 6.75. The van der Waals surface area contributed by atoms with Crippen LogP contribution in [0.2, 0.25) is 0 Å². The van der Waals surface area contributed by atoms with Crippen molar-refractivity contribution in [3.63, 3.8) is 0 Å². The Morgan fingerprint density at radius 1 is 1.05 bits per heavy atom. The maximum absolute atomic E-state index is 13.3. The van der Waals surface area contributed by atoms with Crippen molar-refractivity contribution in [1.29, 1.82) is 0 Å². The molecule has 0 aliphatic carbocycles. The summed E-state index contributed by atoms with van der Waals surface area (Å²) in [4.78, 5) is 0. The molecule has 0 fully saturated rings. The fourth-order valence-corrected chi connectivity index (χ4v) is 2.43. The average Bonchev–Trinajstić information content (AvgIpc) is 2.42. The van der Waals surface area contributed by atoms with E-state index < -0.39 is 11.6 Å². The molecule has 0 aliphatic heterocycles. The minimum absolute atomic E-state index is 0.241. The topological polar surface area (TPSA) is 12.0 Å². The first-order chi connectivity index (χ1) is 9.60. The van der Waals surface area contributed by atoms with E-state index in [1.54, 1.807) is 6.07 Å². The molecule has 0 spiro atoms. The van der Waals surface area contributed by atoms with Gasteiger partial charge in [0.2, 0.25) is 0 Å². The normalized spacial score (nSPS) is 12.4. The molecule has 0 amide bonds. The van der Waals surface area contributed by atoms with Gasteiger partial charge < -0.3 is 5.32 Å². The summed E-state index contributed by atoms with van der Waals surface area (Å²) in [6, 6.07) is 12.4. The zero-order chi connectivity index (χ0) is 14.5. The van der Waals surface area contributed by atoms with Crippen molar-refractivity contribution < 1.29 is 8.78 Å². The van der Waals surface area contributed by atoms with Gasteiger partial charge in [0, 0.05) is 12.5 Å². The molecule has 2 rings (SSSR count). The molecule has 0 saturated carbocycles. The molecule has 0 saturated heterocycles. The molecule has 20 heavy (non-hydrogen) atoms. The zero-order valence-electron chi connectivity index (χ0n) is 11.8. The summed E-state index contributed by atoms with van der Waals surface area (Å²) in [6.07, 6.45) is 0.682. The first-order valence-corrected chi connectivity index (χ1v) is 6.75. The van der Waals surface area contributed by atoms with Crippen molar-refractivity contribution in [1.82, 2.24) is 5.32 Å². The van der Waals surface area contributed by atoms with Gasteiger partial charge >= 0.3 is 0 Å². The summed E-state index contributed by atoms with van der Waals surface area (Å²) < 4.78 is 26.3. The molecule has 106 valence electrons. The van der Waals surface area contributed by atoms with Gasteiger partial charge in [-0.05, 0) is 43.7 Å². The molecule has 0 heterocycles. The summed E-state index contributed by atoms with van der Waals surface area (Å²) in [5.41, 5.74) is 3.23. The summed E-state index contributed by atoms with van der Waals surface area (Å²) in [5.74, 6) is -1.34. The molecule has 2 aromatic carbocycles. The Kier molecular flexibility index (Phi) is 4.85. The van der Waals surface area contributed by atoms with Crippen LogP contribution in [0.25, 0.3) is 0 Å². The predicted molar refractivity (Wildman–Crippen MR) is 77.9 cm³/mol. The van der Waals surface area contributed by atoms with Crippen molar-refractivity contribution >= 4 is 0 Å². The summed E-state index contributed by atoms with van der Waals surface area (Å²) in [7, 11) is 1.90. The van der Waals surface area contributed by atoms with Crippen molar-refractivity contribution in [2.45, 2.75) is 19.3 Å². The van der Waals surface area contributed by atoms with E-state index in [1.807, 2.05) is 13.1 Å². The molecule has 3 heteroatoms. The summed E-state index contributed by atoms with van der Waals surface area (Å²) in [5, 5.41) is 3.16. The molecule has 1 N–H and O–H groups in total. The number of hydrogen-bond acceptors (Lipinski definition) is 1. The third-order valence-corrected chi connectivity index (χ3v) is 3.43. The highest BCUT2D eigenvalue weighted by Gasteiger charge is 2.13. The third kappa shape index (κ3) is 3.64. The lowest BCUT2D eigenvalue weighted by Crippen LogP contribution is -2.19. The zero-order valence-corrected chi connectivity index (χ0v) is 11.8. The van der Waals surface area contributed by atoms with Gasteiger partial charge in [0.05, 0.1) is 0 Å². The van der Waals surface area contributed by atoms with Gasteiger partial charge in [0.15, 0.2) is 11.6 Å². The van der Waals surface area contributed by atoms with Crippen LogP contribution >= 0.6 is 0 Å². The van der Waals surface area contributed by atoms with Crippen LogP contribution in [-0.2, 0) is 6.42 Å². The fraction of sp³-hybridized carbons (Fsp3) is 0.294. The predicted octanol–water partition coefficient (Wildman–Crippen LogP) is 3.82. The highest BCUT2D eigenvalue weighted by molar-refractivity contribution is 5.28. The van der Waals surface area contributed by atoms with Crippen LogP contribution in [-0.4, -0.2) is 13.6 Å². The molecule has 2 aromatic rings. The SMILES string of the molecule is CNCC(Cc1ccc(F)c(F)c1)c1cccc(C)c1. The third-order valence-electron chi connectivity index (χ3n) is 3.43. The minimum atomic E-state index is -0.797. The summed E-state index contributed by atoms with van der Waals surface area (Å²) in [6.45, 7) is 2.85. The maximum atomic E-state index is 13.3. The van der Waals surface area contributed by atoms with Gasteiger partial charge in [-0.1, -0.05) is 35.9 Å². The second kappa shape index (κ2) is 6.62. The second-order valence-corrected chi connectivity index (χ2v) is 5.12. The molecule has 1 nitrogen and oxygen atoms in total. The molecule has 0 aromatic heterocycles. The van der Waals surface area contributed by atoms with E-state index >= 15 is 0 Å². The minimum Gasteiger partial charge on any atom is -0.319 e. The van der Waals surface area contributed by atoms with Crippen LogP contribution in [0.4, 0.5) is 8.78 Å². The lowest BCUT2D eigenvalue weighted by atomic mass is 9.91. The quantitative estimate of drug-likeness (QED) is 0.874. The highest BCUT2D eigenvalue weighted by Crippen LogP contribution is 2.22. The Labute approximate surface area is 118 Å². The van der Waals surface area contributed by atoms with Crippen LogP contribution in [0.15, 0.2) is 42.5 Å². The maximum Gasteiger partial charge on any atom is 0.159 e. The monoisotopic (exact) mass is 275 g/mol. The molecular weight excluding hydrogens is 256 g/mol. The highest BCUT2D eigenvalue weighted by atomic mass is 19.2. The molecule has 0 radical (unpaired) electrons. The molecule has 0 bridgehead atoms. The number of halogens is 2. The Morgan fingerprint density at radius 2 is 1.85 bits per heavy atom. The van der Waals surface area contributed by atoms with Crippen LogP contribution in [0.1, 0.15) is 22.6 Å². The number of nitrogens with one attached hydrogen (secondary N) is 1. The number of hydrogen-bond donors (Lipinski definition) is 1. The smallest absolute Gasteiger partial charge is 0.159 e. The number of benzene rings is 2. The average molecular weight is 275 g/mol. The molecule has 1 atom stereocenters. The van der Waals surface area contributed by atoms with E-state index in [4.69, 9.17) is 0 Å². The molecule has 1 unspecified atom stereocenters. The van der Waals surface area contributed by atoms with Crippen LogP contribution in [0.5, 0.6) is 0 Å². The Morgan fingerprint density at radius 3 is 2.50 bits per heavy atom. The van der Waals surface area contributed by atoms with Gasteiger partial charge in [0.1, 0.15) is 0 Å². The van der Waals surface area contributed by atoms with Crippen molar-refractivity contribution in [3.8, 4) is 0 Å². The van der Waals surface area contributed by atoms with Gasteiger partial charge in [-0.15, -0.1) is 0 Å². The summed E-state index contributed by atoms with van der Waals surface area (Å²) >= 11 is 0. The molecular formula is C17H19F2N. The van der Waals surface area contributed by atoms with Crippen molar-refractivity contribution in [2.75, 3.05) is 13.6 Å². The van der Waals surface area contributed by atoms with Gasteiger partial charge in [0.25, 0.3) is 0 Å². The Hall–Kier alpha value is -1.74. The molecule has 0 aliphatic rings. The lowest BCUT2D eigenvalue weighted by molar-refractivity contribution is 0.505. The first kappa shape index (κ1) is 14.7. The fourth-order valence-electron chi connectivity index (χ4n) is 2.43. The van der Waals surface area contributed by atoms with Crippen LogP contribution < -0.4 is 5.32 Å². The van der Waals surface area contributed by atoms with E-state index in [2.05, 4.69) is 30.4 Å². The van der Waals surface area contributed by atoms with Crippen LogP contribution in [0, 0.1) is 18.6 Å². The lowest BCUT2D eigenvalue weighted by Gasteiger charge is -2.18. The van der Waals surface area contributed by atoms with Gasteiger partial charge in [-0.3, -0.25) is 0 Å². The van der Waals surface area contributed by atoms with Gasteiger partial charge in [-0.25, -0.2) is 8.78 Å². The van der Waals surface area contributed by atoms with E-state index in [-0.39, 0.29) is 5.92 Å². The van der Waals surface area contributed by atoms with Crippen molar-refractivity contribution in [3.05, 3.63) is 70.8 Å². The van der Waals surface area contributed by atoms with Gasteiger partial charge in [-0.2, -0.15) is 0 Å². The largest absolute Gasteiger partial charge is 0.319 e. The van der Waals surface area contributed by atoms with Crippen LogP contribution in [0.3, 0.4) is 0 Å². The van der Waals surface area contributed by atoms with E-state index in [0.717, 1.165) is 12.1 Å². The van der Waals surface area contributed by atoms with E-state index in [1.165, 1.54) is 23.3 Å². The standard InChI is InChI=1S/C17H19F2N/c1-12-4-3-5-14(8-12)15(11-20-2)9-13-6-7-16(18)17(19)10-13/h3-8,10,15,20H,9,11H2,1-2H3. The van der Waals surface area contributed by atoms with E-state index in [0.29, 0.717) is 6.42 Å². The van der Waals surface area contributed by atoms with Crippen molar-refractivity contribution in [2.24, 2.45) is 0 Å². The Bertz CT molecular complexity index is 581. The van der Waals surface area contributed by atoms with E-state index in [9.17, 15) is 8.78 Å².